The monoisotopic (exact) mass is 360 g/mol. The number of β-lactam (4-membered cyclic amide) rings is 1. The second-order valence-electron chi connectivity index (χ2n) is 7.73. The highest BCUT2D eigenvalue weighted by Gasteiger charge is 2.55. The van der Waals surface area contributed by atoms with Crippen LogP contribution in [0.15, 0.2) is 30.3 Å². The summed E-state index contributed by atoms with van der Waals surface area (Å²) in [5.74, 6) is -1.30. The molecule has 2 aliphatic heterocycles. The normalized spacial score (nSPS) is 25.8. The van der Waals surface area contributed by atoms with Crippen LogP contribution in [0.5, 0.6) is 0 Å². The first-order chi connectivity index (χ1) is 12.2. The smallest absolute Gasteiger partial charge is 0.411 e. The predicted molar refractivity (Wildman–Crippen MR) is 93.4 cm³/mol. The molecule has 1 aromatic rings. The molecular weight excluding hydrogens is 336 g/mol. The van der Waals surface area contributed by atoms with Crippen molar-refractivity contribution >= 4 is 18.0 Å². The maximum Gasteiger partial charge on any atom is 0.411 e. The minimum Gasteiger partial charge on any atom is -0.480 e. The lowest BCUT2D eigenvalue weighted by molar-refractivity contribution is -0.179. The van der Waals surface area contributed by atoms with E-state index in [2.05, 4.69) is 0 Å². The van der Waals surface area contributed by atoms with Crippen molar-refractivity contribution in [3.05, 3.63) is 35.9 Å². The van der Waals surface area contributed by atoms with Crippen LogP contribution in [0.1, 0.15) is 45.2 Å². The lowest BCUT2D eigenvalue weighted by atomic mass is 9.85. The second-order valence-corrected chi connectivity index (χ2v) is 7.73. The molecule has 2 saturated heterocycles. The summed E-state index contributed by atoms with van der Waals surface area (Å²) in [7, 11) is 0. The lowest BCUT2D eigenvalue weighted by Gasteiger charge is -2.53. The van der Waals surface area contributed by atoms with E-state index in [0.717, 1.165) is 5.56 Å². The number of likely N-dealkylation sites (tertiary alicyclic amines) is 2. The van der Waals surface area contributed by atoms with Gasteiger partial charge in [0.25, 0.3) is 5.91 Å². The van der Waals surface area contributed by atoms with Crippen molar-refractivity contribution in [1.29, 1.82) is 0 Å². The van der Waals surface area contributed by atoms with Gasteiger partial charge >= 0.3 is 12.1 Å². The maximum atomic E-state index is 12.7. The summed E-state index contributed by atoms with van der Waals surface area (Å²) < 4.78 is 5.49. The number of benzene rings is 1. The fraction of sp³-hybridized carbons (Fsp3) is 0.526. The van der Waals surface area contributed by atoms with Gasteiger partial charge in [-0.2, -0.15) is 0 Å². The van der Waals surface area contributed by atoms with Crippen molar-refractivity contribution in [3.8, 4) is 0 Å². The SMILES string of the molecule is CC(C)(C)N1C(=O)C(OC(=O)N2CCC[C@H]2C(=O)O)C1c1ccccc1. The Kier molecular flexibility index (Phi) is 4.64. The van der Waals surface area contributed by atoms with Gasteiger partial charge in [-0.25, -0.2) is 9.59 Å². The first-order valence-electron chi connectivity index (χ1n) is 8.80. The standard InChI is InChI=1S/C19H24N2O5/c1-19(2,3)21-14(12-8-5-4-6-9-12)15(16(21)22)26-18(25)20-11-7-10-13(20)17(23)24/h4-6,8-9,13-15H,7,10-11H2,1-3H3,(H,23,24)/t13-,14?,15?/m0/s1. The number of aliphatic carboxylic acids is 1. The quantitative estimate of drug-likeness (QED) is 0.837. The van der Waals surface area contributed by atoms with Gasteiger partial charge in [0.05, 0.1) is 0 Å². The van der Waals surface area contributed by atoms with E-state index < -0.39 is 29.7 Å². The van der Waals surface area contributed by atoms with Gasteiger partial charge in [0.1, 0.15) is 12.1 Å². The summed E-state index contributed by atoms with van der Waals surface area (Å²) >= 11 is 0. The number of hydrogen-bond acceptors (Lipinski definition) is 4. The maximum absolute atomic E-state index is 12.7. The van der Waals surface area contributed by atoms with Crippen LogP contribution in [0.4, 0.5) is 4.79 Å². The van der Waals surface area contributed by atoms with Crippen molar-refractivity contribution in [1.82, 2.24) is 9.80 Å². The molecule has 2 amide bonds. The molecule has 0 saturated carbocycles. The predicted octanol–water partition coefficient (Wildman–Crippen LogP) is 2.42. The summed E-state index contributed by atoms with van der Waals surface area (Å²) in [4.78, 5) is 39.4. The largest absolute Gasteiger partial charge is 0.480 e. The van der Waals surface area contributed by atoms with Gasteiger partial charge in [-0.05, 0) is 39.2 Å². The van der Waals surface area contributed by atoms with Crippen LogP contribution in [0.3, 0.4) is 0 Å². The molecule has 0 spiro atoms. The van der Waals surface area contributed by atoms with Gasteiger partial charge in [0.15, 0.2) is 0 Å². The number of carbonyl (C=O) groups is 3. The number of nitrogens with zero attached hydrogens (tertiary/aromatic N) is 2. The molecule has 3 rings (SSSR count). The van der Waals surface area contributed by atoms with Crippen LogP contribution in [0.25, 0.3) is 0 Å². The van der Waals surface area contributed by atoms with Crippen molar-refractivity contribution < 1.29 is 24.2 Å². The zero-order valence-corrected chi connectivity index (χ0v) is 15.2. The molecule has 2 fully saturated rings. The highest BCUT2D eigenvalue weighted by atomic mass is 16.6. The average Bonchev–Trinajstić information content (AvgIpc) is 3.06. The first-order valence-corrected chi connectivity index (χ1v) is 8.80. The summed E-state index contributed by atoms with van der Waals surface area (Å²) in [6.45, 7) is 6.12. The molecule has 7 heteroatoms. The third-order valence-corrected chi connectivity index (χ3v) is 4.91. The molecule has 1 aromatic carbocycles. The van der Waals surface area contributed by atoms with Gasteiger partial charge in [-0.3, -0.25) is 9.69 Å². The Bertz CT molecular complexity index is 712. The number of carboxylic acids is 1. The van der Waals surface area contributed by atoms with Crippen molar-refractivity contribution in [2.45, 2.75) is 57.3 Å². The van der Waals surface area contributed by atoms with E-state index in [4.69, 9.17) is 4.74 Å². The lowest BCUT2D eigenvalue weighted by Crippen LogP contribution is -2.66. The molecule has 1 N–H and O–H groups in total. The molecule has 2 heterocycles. The van der Waals surface area contributed by atoms with E-state index in [1.54, 1.807) is 4.90 Å². The van der Waals surface area contributed by atoms with Gasteiger partial charge < -0.3 is 14.7 Å². The van der Waals surface area contributed by atoms with Crippen LogP contribution in [0, 0.1) is 0 Å². The van der Waals surface area contributed by atoms with E-state index in [-0.39, 0.29) is 11.9 Å². The Labute approximate surface area is 152 Å². The molecular formula is C19H24N2O5. The molecule has 3 atom stereocenters. The van der Waals surface area contributed by atoms with E-state index >= 15 is 0 Å². The third-order valence-electron chi connectivity index (χ3n) is 4.91. The molecule has 0 radical (unpaired) electrons. The van der Waals surface area contributed by atoms with Crippen molar-refractivity contribution in [3.63, 3.8) is 0 Å². The Hall–Kier alpha value is -2.57. The van der Waals surface area contributed by atoms with Crippen LogP contribution in [-0.2, 0) is 14.3 Å². The van der Waals surface area contributed by atoms with Crippen molar-refractivity contribution in [2.24, 2.45) is 0 Å². The topological polar surface area (TPSA) is 87.2 Å². The van der Waals surface area contributed by atoms with E-state index in [1.165, 1.54) is 4.90 Å². The van der Waals surface area contributed by atoms with E-state index in [1.807, 2.05) is 51.1 Å². The zero-order valence-electron chi connectivity index (χ0n) is 15.2. The number of carboxylic acid groups (broad SMARTS) is 1. The van der Waals surface area contributed by atoms with E-state index in [0.29, 0.717) is 19.4 Å². The average molecular weight is 360 g/mol. The molecule has 140 valence electrons. The first kappa shape index (κ1) is 18.2. The summed E-state index contributed by atoms with van der Waals surface area (Å²) in [6, 6.07) is 8.16. The van der Waals surface area contributed by atoms with Crippen LogP contribution in [-0.4, -0.2) is 57.1 Å². The molecule has 7 nitrogen and oxygen atoms in total. The molecule has 0 bridgehead atoms. The summed E-state index contributed by atoms with van der Waals surface area (Å²) in [5, 5.41) is 9.24. The Balaban J connectivity index is 1.81. The third kappa shape index (κ3) is 3.13. The number of amides is 2. The summed E-state index contributed by atoms with van der Waals surface area (Å²) in [6.07, 6.45) is -0.651. The molecule has 26 heavy (non-hydrogen) atoms. The highest BCUT2D eigenvalue weighted by Crippen LogP contribution is 2.42. The minimum absolute atomic E-state index is 0.259. The number of ether oxygens (including phenoxy) is 1. The second kappa shape index (κ2) is 6.63. The van der Waals surface area contributed by atoms with Crippen LogP contribution >= 0.6 is 0 Å². The number of rotatable bonds is 3. The minimum atomic E-state index is -1.05. The number of carbonyl (C=O) groups excluding carboxylic acids is 2. The molecule has 0 aromatic heterocycles. The highest BCUT2D eigenvalue weighted by molar-refractivity contribution is 5.92. The van der Waals surface area contributed by atoms with Crippen LogP contribution in [0.2, 0.25) is 0 Å². The van der Waals surface area contributed by atoms with Gasteiger partial charge in [-0.1, -0.05) is 30.3 Å². The Morgan fingerprint density at radius 2 is 1.85 bits per heavy atom. The zero-order chi connectivity index (χ0) is 19.1. The number of hydrogen-bond donors (Lipinski definition) is 1. The van der Waals surface area contributed by atoms with E-state index in [9.17, 15) is 19.5 Å². The Morgan fingerprint density at radius 1 is 1.19 bits per heavy atom. The van der Waals surface area contributed by atoms with Gasteiger partial charge in [0, 0.05) is 12.1 Å². The molecule has 2 aliphatic rings. The fourth-order valence-electron chi connectivity index (χ4n) is 3.72. The van der Waals surface area contributed by atoms with Gasteiger partial charge in [-0.15, -0.1) is 0 Å². The summed E-state index contributed by atoms with van der Waals surface area (Å²) in [5.41, 5.74) is 0.466. The fourth-order valence-corrected chi connectivity index (χ4v) is 3.72. The van der Waals surface area contributed by atoms with Crippen LogP contribution < -0.4 is 0 Å². The Morgan fingerprint density at radius 3 is 2.42 bits per heavy atom. The van der Waals surface area contributed by atoms with Gasteiger partial charge in [0.2, 0.25) is 6.10 Å². The molecule has 0 aliphatic carbocycles. The van der Waals surface area contributed by atoms with Crippen molar-refractivity contribution in [2.75, 3.05) is 6.54 Å². The molecule has 2 unspecified atom stereocenters.